The van der Waals surface area contributed by atoms with Crippen molar-refractivity contribution < 1.29 is 28.7 Å². The predicted octanol–water partition coefficient (Wildman–Crippen LogP) is 2.06. The van der Waals surface area contributed by atoms with Crippen LogP contribution >= 0.6 is 7.60 Å². The van der Waals surface area contributed by atoms with Gasteiger partial charge in [0.05, 0.1) is 25.4 Å². The van der Waals surface area contributed by atoms with Gasteiger partial charge in [0.1, 0.15) is 0 Å². The van der Waals surface area contributed by atoms with Crippen LogP contribution in [-0.4, -0.2) is 47.1 Å². The van der Waals surface area contributed by atoms with Crippen molar-refractivity contribution >= 4 is 19.5 Å². The highest BCUT2D eigenvalue weighted by Gasteiger charge is 2.23. The minimum absolute atomic E-state index is 0.0244. The first-order chi connectivity index (χ1) is 14.3. The standard InChI is InChI=1S/C21H27N2O6P/c1-2-29-20(24)12-13-22-21(25)19(23-15-30(26,27)28)14-16-8-10-18(11-9-16)17-6-4-3-5-7-17/h3-11,19,23H,2,12-15H2,1H3,(H,22,25)(H2,26,27,28)/t19-/m0/s1. The molecule has 2 aromatic rings. The van der Waals surface area contributed by atoms with Gasteiger partial charge in [0.15, 0.2) is 0 Å². The number of esters is 1. The molecule has 162 valence electrons. The summed E-state index contributed by atoms with van der Waals surface area (Å²) in [6, 6.07) is 16.6. The summed E-state index contributed by atoms with van der Waals surface area (Å²) in [6.45, 7) is 2.04. The van der Waals surface area contributed by atoms with Gasteiger partial charge in [-0.2, -0.15) is 0 Å². The highest BCUT2D eigenvalue weighted by molar-refractivity contribution is 7.51. The van der Waals surface area contributed by atoms with Gasteiger partial charge in [-0.15, -0.1) is 0 Å². The number of carbonyl (C=O) groups is 2. The molecule has 8 nitrogen and oxygen atoms in total. The van der Waals surface area contributed by atoms with Crippen molar-refractivity contribution in [2.75, 3.05) is 19.4 Å². The molecule has 4 N–H and O–H groups in total. The number of carbonyl (C=O) groups excluding carboxylic acids is 2. The Kier molecular flexibility index (Phi) is 9.20. The van der Waals surface area contributed by atoms with E-state index in [1.807, 2.05) is 54.6 Å². The lowest BCUT2D eigenvalue weighted by molar-refractivity contribution is -0.143. The molecule has 0 radical (unpaired) electrons. The van der Waals surface area contributed by atoms with Gasteiger partial charge in [0.2, 0.25) is 5.91 Å². The lowest BCUT2D eigenvalue weighted by Gasteiger charge is -2.19. The maximum Gasteiger partial charge on any atom is 0.339 e. The Morgan fingerprint density at radius 2 is 1.67 bits per heavy atom. The first kappa shape index (κ1) is 23.8. The molecule has 2 aromatic carbocycles. The van der Waals surface area contributed by atoms with Gasteiger partial charge in [0.25, 0.3) is 0 Å². The van der Waals surface area contributed by atoms with Crippen LogP contribution in [0, 0.1) is 0 Å². The fourth-order valence-corrected chi connectivity index (χ4v) is 3.29. The Balaban J connectivity index is 2.02. The molecule has 0 heterocycles. The van der Waals surface area contributed by atoms with Gasteiger partial charge in [-0.1, -0.05) is 54.6 Å². The Hall–Kier alpha value is -2.51. The molecule has 0 saturated carbocycles. The Morgan fingerprint density at radius 3 is 2.27 bits per heavy atom. The highest BCUT2D eigenvalue weighted by atomic mass is 31.2. The van der Waals surface area contributed by atoms with E-state index in [0.29, 0.717) is 0 Å². The minimum atomic E-state index is -4.33. The molecule has 0 spiro atoms. The average molecular weight is 434 g/mol. The second-order valence-corrected chi connectivity index (χ2v) is 8.34. The summed E-state index contributed by atoms with van der Waals surface area (Å²) in [7, 11) is -4.33. The molecule has 0 aliphatic carbocycles. The summed E-state index contributed by atoms with van der Waals surface area (Å²) in [4.78, 5) is 42.2. The van der Waals surface area contributed by atoms with E-state index in [9.17, 15) is 14.2 Å². The first-order valence-corrected chi connectivity index (χ1v) is 11.4. The summed E-state index contributed by atoms with van der Waals surface area (Å²) in [5.41, 5.74) is 2.92. The molecule has 0 unspecified atom stereocenters. The van der Waals surface area contributed by atoms with Gasteiger partial charge in [-0.25, -0.2) is 0 Å². The van der Waals surface area contributed by atoms with E-state index < -0.39 is 31.8 Å². The summed E-state index contributed by atoms with van der Waals surface area (Å²) in [6.07, 6.45) is -0.359. The van der Waals surface area contributed by atoms with Crippen molar-refractivity contribution in [1.29, 1.82) is 0 Å². The van der Waals surface area contributed by atoms with Crippen LogP contribution in [0.2, 0.25) is 0 Å². The zero-order valence-corrected chi connectivity index (χ0v) is 17.7. The summed E-state index contributed by atoms with van der Waals surface area (Å²) >= 11 is 0. The second-order valence-electron chi connectivity index (χ2n) is 6.69. The van der Waals surface area contributed by atoms with Gasteiger partial charge >= 0.3 is 13.6 Å². The zero-order valence-electron chi connectivity index (χ0n) is 16.8. The van der Waals surface area contributed by atoms with Crippen LogP contribution in [-0.2, 0) is 25.3 Å². The lowest BCUT2D eigenvalue weighted by atomic mass is 10.0. The lowest BCUT2D eigenvalue weighted by Crippen LogP contribution is -2.46. The smallest absolute Gasteiger partial charge is 0.339 e. The van der Waals surface area contributed by atoms with Crippen molar-refractivity contribution in [3.05, 3.63) is 60.2 Å². The van der Waals surface area contributed by atoms with Crippen molar-refractivity contribution in [2.24, 2.45) is 0 Å². The van der Waals surface area contributed by atoms with E-state index in [2.05, 4.69) is 10.6 Å². The van der Waals surface area contributed by atoms with Crippen molar-refractivity contribution in [2.45, 2.75) is 25.8 Å². The molecule has 0 bridgehead atoms. The maximum absolute atomic E-state index is 12.5. The molecule has 0 aliphatic rings. The Morgan fingerprint density at radius 1 is 1.03 bits per heavy atom. The van der Waals surface area contributed by atoms with Crippen molar-refractivity contribution in [1.82, 2.24) is 10.6 Å². The molecular weight excluding hydrogens is 407 g/mol. The molecular formula is C21H27N2O6P. The van der Waals surface area contributed by atoms with Crippen LogP contribution in [0.15, 0.2) is 54.6 Å². The van der Waals surface area contributed by atoms with Crippen LogP contribution in [0.4, 0.5) is 0 Å². The number of rotatable bonds is 11. The van der Waals surface area contributed by atoms with Gasteiger partial charge in [-0.3, -0.25) is 19.5 Å². The van der Waals surface area contributed by atoms with E-state index >= 15 is 0 Å². The minimum Gasteiger partial charge on any atom is -0.466 e. The van der Waals surface area contributed by atoms with Gasteiger partial charge in [0, 0.05) is 6.54 Å². The number of ether oxygens (including phenoxy) is 1. The normalized spacial score (nSPS) is 12.2. The number of amides is 1. The number of hydrogen-bond acceptors (Lipinski definition) is 5. The van der Waals surface area contributed by atoms with Crippen LogP contribution in [0.25, 0.3) is 11.1 Å². The SMILES string of the molecule is CCOC(=O)CCNC(=O)[C@H](Cc1ccc(-c2ccccc2)cc1)NCP(=O)(O)O. The van der Waals surface area contributed by atoms with Crippen LogP contribution in [0.5, 0.6) is 0 Å². The Labute approximate surface area is 175 Å². The Bertz CT molecular complexity index is 867. The third-order valence-electron chi connectivity index (χ3n) is 4.29. The van der Waals surface area contributed by atoms with E-state index in [4.69, 9.17) is 14.5 Å². The van der Waals surface area contributed by atoms with E-state index in [0.717, 1.165) is 16.7 Å². The molecule has 1 amide bonds. The van der Waals surface area contributed by atoms with Crippen LogP contribution < -0.4 is 10.6 Å². The van der Waals surface area contributed by atoms with Crippen molar-refractivity contribution in [3.8, 4) is 11.1 Å². The van der Waals surface area contributed by atoms with E-state index in [-0.39, 0.29) is 26.0 Å². The second kappa shape index (κ2) is 11.6. The number of hydrogen-bond donors (Lipinski definition) is 4. The molecule has 1 atom stereocenters. The van der Waals surface area contributed by atoms with E-state index in [1.165, 1.54) is 0 Å². The topological polar surface area (TPSA) is 125 Å². The molecule has 0 aliphatic heterocycles. The molecule has 0 aromatic heterocycles. The highest BCUT2D eigenvalue weighted by Crippen LogP contribution is 2.32. The number of benzene rings is 2. The fourth-order valence-electron chi connectivity index (χ4n) is 2.83. The number of nitrogens with one attached hydrogen (secondary N) is 2. The third-order valence-corrected chi connectivity index (χ3v) is 4.89. The fraction of sp³-hybridized carbons (Fsp3) is 0.333. The van der Waals surface area contributed by atoms with Gasteiger partial charge in [-0.05, 0) is 30.0 Å². The average Bonchev–Trinajstić information content (AvgIpc) is 2.71. The maximum atomic E-state index is 12.5. The predicted molar refractivity (Wildman–Crippen MR) is 114 cm³/mol. The molecule has 9 heteroatoms. The van der Waals surface area contributed by atoms with Crippen LogP contribution in [0.3, 0.4) is 0 Å². The third kappa shape index (κ3) is 8.47. The van der Waals surface area contributed by atoms with Crippen molar-refractivity contribution in [3.63, 3.8) is 0 Å². The zero-order chi connectivity index (χ0) is 22.0. The molecule has 30 heavy (non-hydrogen) atoms. The molecule has 0 saturated heterocycles. The van der Waals surface area contributed by atoms with E-state index in [1.54, 1.807) is 6.92 Å². The first-order valence-electron chi connectivity index (χ1n) is 9.64. The largest absolute Gasteiger partial charge is 0.466 e. The molecule has 0 fully saturated rings. The monoisotopic (exact) mass is 434 g/mol. The van der Waals surface area contributed by atoms with Gasteiger partial charge < -0.3 is 19.8 Å². The summed E-state index contributed by atoms with van der Waals surface area (Å²) in [5, 5.41) is 5.24. The molecule has 2 rings (SSSR count). The van der Waals surface area contributed by atoms with Crippen LogP contribution in [0.1, 0.15) is 18.9 Å². The summed E-state index contributed by atoms with van der Waals surface area (Å²) < 4.78 is 16.0. The quantitative estimate of drug-likeness (QED) is 0.315. The summed E-state index contributed by atoms with van der Waals surface area (Å²) in [5.74, 6) is -0.867.